The monoisotopic (exact) mass is 650 g/mol. The van der Waals surface area contributed by atoms with E-state index in [-0.39, 0.29) is 5.41 Å². The molecule has 0 fully saturated rings. The molecule has 0 saturated heterocycles. The summed E-state index contributed by atoms with van der Waals surface area (Å²) in [6.45, 7) is 17.8. The molecule has 0 atom stereocenters. The van der Waals surface area contributed by atoms with Gasteiger partial charge >= 0.3 is 37.9 Å². The zero-order chi connectivity index (χ0) is 29.0. The summed E-state index contributed by atoms with van der Waals surface area (Å²) in [5.74, 6) is 0.636. The number of fused-ring (bicyclic) bond motifs is 2. The number of hydrogen-bond acceptors (Lipinski definition) is 0. The van der Waals surface area contributed by atoms with Gasteiger partial charge in [0.25, 0.3) is 0 Å². The molecule has 5 rings (SSSR count). The first-order valence-electron chi connectivity index (χ1n) is 13.6. The average Bonchev–Trinajstić information content (AvgIpc) is 3.54. The molecule has 0 amide bonds. The van der Waals surface area contributed by atoms with E-state index in [4.69, 9.17) is 17.0 Å². The molecule has 0 N–H and O–H groups in total. The molecule has 0 unspecified atom stereocenters. The summed E-state index contributed by atoms with van der Waals surface area (Å²) in [5, 5.41) is 5.45. The van der Waals surface area contributed by atoms with Gasteiger partial charge in [0.1, 0.15) is 0 Å². The molecule has 0 saturated carbocycles. The molecule has 0 aliphatic carbocycles. The standard InChI is InChI=1S/C21H23.C12H13.C2H6Si.2ClH.Zr/c1-5-15-13-17-7-6-8-19(20(17)14-15)16-9-11-18(12-10-16)21(2,3)4;1-9(2)12-7-10-5-3-4-6-11(10)8-12;1-3-2;;;/h6-14H,5H2,1-4H3;3-9H,1-2H3;1-2H3;2*1H;/q2*-1;;;;+4/p-2. The van der Waals surface area contributed by atoms with E-state index in [0.29, 0.717) is 5.92 Å². The van der Waals surface area contributed by atoms with Gasteiger partial charge < -0.3 is 0 Å². The Balaban J connectivity index is 0.000000249. The van der Waals surface area contributed by atoms with E-state index in [0.717, 1.165) is 15.9 Å². The fourth-order valence-electron chi connectivity index (χ4n) is 4.41. The van der Waals surface area contributed by atoms with Crippen LogP contribution in [0.25, 0.3) is 32.7 Å². The van der Waals surface area contributed by atoms with E-state index in [2.05, 4.69) is 146 Å². The number of benzene rings is 3. The van der Waals surface area contributed by atoms with Gasteiger partial charge in [-0.05, 0) is 28.9 Å². The third-order valence-corrected chi connectivity index (χ3v) is 6.59. The topological polar surface area (TPSA) is 0 Å². The Labute approximate surface area is 258 Å². The molecular formula is C35H42Cl2SiZr. The van der Waals surface area contributed by atoms with Crippen LogP contribution in [0.1, 0.15) is 64.2 Å². The van der Waals surface area contributed by atoms with Crippen molar-refractivity contribution >= 4 is 48.1 Å². The molecule has 0 heterocycles. The second-order valence-corrected chi connectivity index (χ2v) is 15.7. The van der Waals surface area contributed by atoms with Crippen molar-refractivity contribution in [2.45, 2.75) is 72.4 Å². The second-order valence-electron chi connectivity index (χ2n) is 11.0. The minimum atomic E-state index is -0.826. The molecule has 204 valence electrons. The summed E-state index contributed by atoms with van der Waals surface area (Å²) in [6, 6.07) is 33.4. The number of halogens is 2. The van der Waals surface area contributed by atoms with Crippen molar-refractivity contribution in [3.8, 4) is 11.1 Å². The van der Waals surface area contributed by atoms with Gasteiger partial charge in [-0.2, -0.15) is 12.1 Å². The molecule has 5 aromatic carbocycles. The Bertz CT molecular complexity index is 1350. The van der Waals surface area contributed by atoms with Gasteiger partial charge in [-0.15, -0.1) is 75.1 Å². The summed E-state index contributed by atoms with van der Waals surface area (Å²) in [4.78, 5) is 0. The van der Waals surface area contributed by atoms with Crippen molar-refractivity contribution in [2.24, 2.45) is 0 Å². The van der Waals surface area contributed by atoms with Crippen LogP contribution in [0.5, 0.6) is 0 Å². The summed E-state index contributed by atoms with van der Waals surface area (Å²) in [5.41, 5.74) is 7.10. The molecule has 2 radical (unpaired) electrons. The summed E-state index contributed by atoms with van der Waals surface area (Å²) < 4.78 is 0. The van der Waals surface area contributed by atoms with E-state index in [1.165, 1.54) is 49.4 Å². The van der Waals surface area contributed by atoms with Gasteiger partial charge in [0.15, 0.2) is 0 Å². The van der Waals surface area contributed by atoms with Gasteiger partial charge in [-0.3, -0.25) is 0 Å². The van der Waals surface area contributed by atoms with Crippen LogP contribution in [0.2, 0.25) is 13.1 Å². The number of aryl methyl sites for hydroxylation is 1. The van der Waals surface area contributed by atoms with Crippen LogP contribution in [0.15, 0.2) is 91.0 Å². The Morgan fingerprint density at radius 1 is 0.821 bits per heavy atom. The first kappa shape index (κ1) is 33.8. The fraction of sp³-hybridized carbons (Fsp3) is 0.314. The zero-order valence-corrected chi connectivity index (χ0v) is 29.7. The van der Waals surface area contributed by atoms with Crippen LogP contribution in [0, 0.1) is 0 Å². The van der Waals surface area contributed by atoms with E-state index < -0.39 is 20.8 Å². The van der Waals surface area contributed by atoms with Crippen LogP contribution in [-0.4, -0.2) is 9.52 Å². The van der Waals surface area contributed by atoms with Gasteiger partial charge in [-0.25, -0.2) is 0 Å². The first-order valence-corrected chi connectivity index (χ1v) is 21.9. The Hall–Kier alpha value is -1.44. The van der Waals surface area contributed by atoms with Crippen molar-refractivity contribution in [3.05, 3.63) is 108 Å². The third-order valence-electron chi connectivity index (χ3n) is 6.59. The molecule has 0 aliphatic heterocycles. The SMILES string of the molecule is CC(C)c1cc2ccccc2[cH-]1.CCc1cc2c(-c3ccc(C(C)(C)C)cc3)cccc2[cH-]1.C[Si]C.[Cl][Zr+2][Cl]. The summed E-state index contributed by atoms with van der Waals surface area (Å²) in [7, 11) is 11.0. The Morgan fingerprint density at radius 2 is 1.41 bits per heavy atom. The Kier molecular flexibility index (Phi) is 14.5. The predicted octanol–water partition coefficient (Wildman–Crippen LogP) is 11.9. The number of hydrogen-bond donors (Lipinski definition) is 0. The zero-order valence-electron chi connectivity index (χ0n) is 24.7. The average molecular weight is 653 g/mol. The van der Waals surface area contributed by atoms with Crippen molar-refractivity contribution in [1.29, 1.82) is 0 Å². The quantitative estimate of drug-likeness (QED) is 0.134. The summed E-state index contributed by atoms with van der Waals surface area (Å²) in [6.07, 6.45) is 1.09. The van der Waals surface area contributed by atoms with Crippen molar-refractivity contribution in [2.75, 3.05) is 0 Å². The first-order chi connectivity index (χ1) is 18.6. The van der Waals surface area contributed by atoms with E-state index in [1.807, 2.05) is 0 Å². The van der Waals surface area contributed by atoms with E-state index in [9.17, 15) is 0 Å². The normalized spacial score (nSPS) is 10.6. The van der Waals surface area contributed by atoms with Crippen LogP contribution in [-0.2, 0) is 32.7 Å². The maximum absolute atomic E-state index is 4.93. The Morgan fingerprint density at radius 3 is 1.95 bits per heavy atom. The molecule has 39 heavy (non-hydrogen) atoms. The summed E-state index contributed by atoms with van der Waals surface area (Å²) >= 11 is -0.826. The van der Waals surface area contributed by atoms with Crippen molar-refractivity contribution in [3.63, 3.8) is 0 Å². The molecule has 5 aromatic rings. The molecule has 0 aliphatic rings. The number of rotatable bonds is 3. The third kappa shape index (κ3) is 10.2. The van der Waals surface area contributed by atoms with Crippen LogP contribution < -0.4 is 0 Å². The predicted molar refractivity (Wildman–Crippen MR) is 176 cm³/mol. The molecule has 4 heteroatoms. The van der Waals surface area contributed by atoms with Gasteiger partial charge in [0, 0.05) is 9.52 Å². The van der Waals surface area contributed by atoms with Gasteiger partial charge in [0.05, 0.1) is 0 Å². The van der Waals surface area contributed by atoms with Crippen LogP contribution >= 0.6 is 17.0 Å². The van der Waals surface area contributed by atoms with Gasteiger partial charge in [0.2, 0.25) is 0 Å². The van der Waals surface area contributed by atoms with E-state index >= 15 is 0 Å². The van der Waals surface area contributed by atoms with Gasteiger partial charge in [-0.1, -0.05) is 96.6 Å². The van der Waals surface area contributed by atoms with E-state index in [1.54, 1.807) is 0 Å². The van der Waals surface area contributed by atoms with Crippen LogP contribution in [0.4, 0.5) is 0 Å². The van der Waals surface area contributed by atoms with Crippen molar-refractivity contribution in [1.82, 2.24) is 0 Å². The minimum absolute atomic E-state index is 0.209. The molecular weight excluding hydrogens is 611 g/mol. The molecule has 0 nitrogen and oxygen atoms in total. The second kappa shape index (κ2) is 16.7. The molecule has 0 bridgehead atoms. The van der Waals surface area contributed by atoms with Crippen molar-refractivity contribution < 1.29 is 20.8 Å². The molecule has 0 spiro atoms. The molecule has 0 aromatic heterocycles. The maximum atomic E-state index is 4.93. The van der Waals surface area contributed by atoms with Crippen LogP contribution in [0.3, 0.4) is 0 Å². The fourth-order valence-corrected chi connectivity index (χ4v) is 4.41.